The molecule has 0 unspecified atom stereocenters. The van der Waals surface area contributed by atoms with Crippen molar-refractivity contribution in [2.24, 2.45) is 5.73 Å². The number of nitrogens with zero attached hydrogens (tertiary/aromatic N) is 1. The van der Waals surface area contributed by atoms with E-state index < -0.39 is 10.0 Å². The summed E-state index contributed by atoms with van der Waals surface area (Å²) < 4.78 is 26.2. The highest BCUT2D eigenvalue weighted by molar-refractivity contribution is 7.89. The van der Waals surface area contributed by atoms with Gasteiger partial charge in [-0.3, -0.25) is 0 Å². The van der Waals surface area contributed by atoms with Crippen molar-refractivity contribution >= 4 is 21.4 Å². The van der Waals surface area contributed by atoms with Gasteiger partial charge in [-0.1, -0.05) is 6.08 Å². The van der Waals surface area contributed by atoms with E-state index in [2.05, 4.69) is 6.58 Å². The molecule has 1 heterocycles. The van der Waals surface area contributed by atoms with Gasteiger partial charge in [0.25, 0.3) is 0 Å². The second-order valence-corrected chi connectivity index (χ2v) is 6.59. The van der Waals surface area contributed by atoms with Crippen molar-refractivity contribution in [3.63, 3.8) is 0 Å². The Bertz CT molecular complexity index is 508. The Morgan fingerprint density at radius 2 is 2.28 bits per heavy atom. The average molecular weight is 290 g/mol. The van der Waals surface area contributed by atoms with Crippen LogP contribution in [-0.4, -0.2) is 37.5 Å². The molecule has 0 atom stereocenters. The highest BCUT2D eigenvalue weighted by atomic mass is 32.2. The van der Waals surface area contributed by atoms with Crippen LogP contribution in [-0.2, 0) is 16.6 Å². The first-order chi connectivity index (χ1) is 8.48. The molecule has 18 heavy (non-hydrogen) atoms. The highest BCUT2D eigenvalue weighted by Crippen LogP contribution is 2.29. The van der Waals surface area contributed by atoms with Crippen LogP contribution in [0.15, 0.2) is 22.9 Å². The second-order valence-electron chi connectivity index (χ2n) is 3.75. The maximum atomic E-state index is 12.5. The SMILES string of the molecule is C=CCN(CCO)S(=O)(=O)c1c(C)csc1CN. The van der Waals surface area contributed by atoms with E-state index in [-0.39, 0.29) is 31.1 Å². The smallest absolute Gasteiger partial charge is 0.244 e. The highest BCUT2D eigenvalue weighted by Gasteiger charge is 2.28. The Hall–Kier alpha value is -0.730. The molecule has 1 aromatic heterocycles. The van der Waals surface area contributed by atoms with Gasteiger partial charge in [0.15, 0.2) is 0 Å². The summed E-state index contributed by atoms with van der Waals surface area (Å²) in [7, 11) is -3.62. The van der Waals surface area contributed by atoms with Crippen LogP contribution in [0.3, 0.4) is 0 Å². The van der Waals surface area contributed by atoms with E-state index >= 15 is 0 Å². The third-order valence-electron chi connectivity index (χ3n) is 2.45. The zero-order valence-electron chi connectivity index (χ0n) is 10.3. The summed E-state index contributed by atoms with van der Waals surface area (Å²) in [6.45, 7) is 5.46. The molecule has 0 amide bonds. The molecule has 0 fully saturated rings. The number of nitrogens with two attached hydrogens (primary N) is 1. The van der Waals surface area contributed by atoms with Crippen molar-refractivity contribution in [3.8, 4) is 0 Å². The Morgan fingerprint density at radius 3 is 2.78 bits per heavy atom. The Labute approximate surface area is 112 Å². The molecule has 5 nitrogen and oxygen atoms in total. The summed E-state index contributed by atoms with van der Waals surface area (Å²) in [5.41, 5.74) is 6.25. The number of sulfonamides is 1. The molecule has 0 aliphatic heterocycles. The van der Waals surface area contributed by atoms with Gasteiger partial charge in [0.05, 0.1) is 6.61 Å². The Kier molecular flexibility index (Phi) is 5.48. The number of aryl methyl sites for hydroxylation is 1. The second kappa shape index (κ2) is 6.44. The summed E-state index contributed by atoms with van der Waals surface area (Å²) in [4.78, 5) is 0.907. The minimum atomic E-state index is -3.62. The molecule has 0 radical (unpaired) electrons. The van der Waals surface area contributed by atoms with E-state index in [1.165, 1.54) is 21.7 Å². The van der Waals surface area contributed by atoms with Gasteiger partial charge >= 0.3 is 0 Å². The molecule has 3 N–H and O–H groups in total. The predicted molar refractivity (Wildman–Crippen MR) is 73.0 cm³/mol. The van der Waals surface area contributed by atoms with Gasteiger partial charge in [0, 0.05) is 24.5 Å². The van der Waals surface area contributed by atoms with Gasteiger partial charge in [-0.25, -0.2) is 8.42 Å². The molecular formula is C11H18N2O3S2. The zero-order valence-corrected chi connectivity index (χ0v) is 11.9. The average Bonchev–Trinajstić information content (AvgIpc) is 2.70. The summed E-state index contributed by atoms with van der Waals surface area (Å²) in [5.74, 6) is 0. The van der Waals surface area contributed by atoms with Gasteiger partial charge in [0.2, 0.25) is 10.0 Å². The van der Waals surface area contributed by atoms with Crippen molar-refractivity contribution < 1.29 is 13.5 Å². The largest absolute Gasteiger partial charge is 0.395 e. The minimum Gasteiger partial charge on any atom is -0.395 e. The van der Waals surface area contributed by atoms with Gasteiger partial charge in [-0.2, -0.15) is 4.31 Å². The number of rotatable bonds is 7. The molecular weight excluding hydrogens is 272 g/mol. The van der Waals surface area contributed by atoms with Crippen molar-refractivity contribution in [2.45, 2.75) is 18.4 Å². The third kappa shape index (κ3) is 2.99. The van der Waals surface area contributed by atoms with Crippen LogP contribution in [0, 0.1) is 6.92 Å². The summed E-state index contributed by atoms with van der Waals surface area (Å²) in [6.07, 6.45) is 1.50. The molecule has 0 aliphatic rings. The van der Waals surface area contributed by atoms with Crippen LogP contribution in [0.4, 0.5) is 0 Å². The lowest BCUT2D eigenvalue weighted by atomic mass is 10.3. The first kappa shape index (κ1) is 15.3. The Morgan fingerprint density at radius 1 is 1.61 bits per heavy atom. The van der Waals surface area contributed by atoms with Crippen molar-refractivity contribution in [1.29, 1.82) is 0 Å². The lowest BCUT2D eigenvalue weighted by Gasteiger charge is -2.20. The lowest BCUT2D eigenvalue weighted by Crippen LogP contribution is -2.34. The van der Waals surface area contributed by atoms with E-state index in [4.69, 9.17) is 10.8 Å². The third-order valence-corrected chi connectivity index (χ3v) is 5.81. The number of hydrogen-bond acceptors (Lipinski definition) is 5. The molecule has 0 aliphatic carbocycles. The van der Waals surface area contributed by atoms with Crippen LogP contribution in [0.2, 0.25) is 0 Å². The monoisotopic (exact) mass is 290 g/mol. The fourth-order valence-electron chi connectivity index (χ4n) is 1.67. The topological polar surface area (TPSA) is 83.6 Å². The summed E-state index contributed by atoms with van der Waals surface area (Å²) in [5, 5.41) is 10.7. The Balaban J connectivity index is 3.25. The van der Waals surface area contributed by atoms with E-state index in [9.17, 15) is 8.42 Å². The van der Waals surface area contributed by atoms with Crippen LogP contribution in [0.5, 0.6) is 0 Å². The number of thiophene rings is 1. The van der Waals surface area contributed by atoms with E-state index in [1.54, 1.807) is 12.3 Å². The van der Waals surface area contributed by atoms with Crippen molar-refractivity contribution in [2.75, 3.05) is 19.7 Å². The van der Waals surface area contributed by atoms with Gasteiger partial charge < -0.3 is 10.8 Å². The van der Waals surface area contributed by atoms with Crippen LogP contribution in [0.25, 0.3) is 0 Å². The van der Waals surface area contributed by atoms with E-state index in [1.807, 2.05) is 0 Å². The number of aliphatic hydroxyl groups excluding tert-OH is 1. The molecule has 102 valence electrons. The molecule has 0 saturated heterocycles. The fourth-order valence-corrected chi connectivity index (χ4v) is 4.72. The van der Waals surface area contributed by atoms with Crippen molar-refractivity contribution in [3.05, 3.63) is 28.5 Å². The van der Waals surface area contributed by atoms with Gasteiger partial charge in [-0.05, 0) is 17.9 Å². The lowest BCUT2D eigenvalue weighted by molar-refractivity contribution is 0.260. The molecule has 1 aromatic rings. The van der Waals surface area contributed by atoms with Crippen LogP contribution < -0.4 is 5.73 Å². The molecule has 0 saturated carbocycles. The molecule has 0 aromatic carbocycles. The number of aliphatic hydroxyl groups is 1. The maximum Gasteiger partial charge on any atom is 0.244 e. The zero-order chi connectivity index (χ0) is 13.8. The van der Waals surface area contributed by atoms with E-state index in [0.29, 0.717) is 10.4 Å². The van der Waals surface area contributed by atoms with E-state index in [0.717, 1.165) is 0 Å². The van der Waals surface area contributed by atoms with Gasteiger partial charge in [-0.15, -0.1) is 17.9 Å². The minimum absolute atomic E-state index is 0.0493. The maximum absolute atomic E-state index is 12.5. The fraction of sp³-hybridized carbons (Fsp3) is 0.455. The van der Waals surface area contributed by atoms with Crippen LogP contribution >= 0.6 is 11.3 Å². The standard InChI is InChI=1S/C11H18N2O3S2/c1-3-4-13(5-6-14)18(15,16)11-9(2)8-17-10(11)7-12/h3,8,14H,1,4-7,12H2,2H3. The molecule has 0 spiro atoms. The first-order valence-electron chi connectivity index (χ1n) is 5.48. The molecule has 1 rings (SSSR count). The molecule has 0 bridgehead atoms. The number of hydrogen-bond donors (Lipinski definition) is 2. The summed E-state index contributed by atoms with van der Waals surface area (Å²) in [6, 6.07) is 0. The van der Waals surface area contributed by atoms with Gasteiger partial charge in [0.1, 0.15) is 4.90 Å². The van der Waals surface area contributed by atoms with Crippen LogP contribution in [0.1, 0.15) is 10.4 Å². The summed E-state index contributed by atoms with van der Waals surface area (Å²) >= 11 is 1.34. The molecule has 7 heteroatoms. The first-order valence-corrected chi connectivity index (χ1v) is 7.80. The predicted octanol–water partition coefficient (Wildman–Crippen LogP) is 0.684. The quantitative estimate of drug-likeness (QED) is 0.724. The van der Waals surface area contributed by atoms with Crippen molar-refractivity contribution in [1.82, 2.24) is 4.31 Å². The normalized spacial score (nSPS) is 12.0.